The van der Waals surface area contributed by atoms with E-state index in [0.29, 0.717) is 5.56 Å². The minimum Gasteiger partial charge on any atom is -0.478 e. The van der Waals surface area contributed by atoms with Gasteiger partial charge in [0.1, 0.15) is 0 Å². The van der Waals surface area contributed by atoms with E-state index in [1.54, 1.807) is 36.1 Å². The molecule has 6 heteroatoms. The number of carboxylic acid groups (broad SMARTS) is 1. The molecule has 21 heavy (non-hydrogen) atoms. The molecule has 0 saturated heterocycles. The Hall–Kier alpha value is -2.63. The zero-order chi connectivity index (χ0) is 15.4. The average molecular weight is 287 g/mol. The highest BCUT2D eigenvalue weighted by Crippen LogP contribution is 2.13. The van der Waals surface area contributed by atoms with E-state index in [9.17, 15) is 9.59 Å². The maximum atomic E-state index is 12.0. The summed E-state index contributed by atoms with van der Waals surface area (Å²) < 4.78 is 1.66. The van der Waals surface area contributed by atoms with Crippen molar-refractivity contribution in [3.8, 4) is 0 Å². The van der Waals surface area contributed by atoms with Gasteiger partial charge in [-0.3, -0.25) is 9.48 Å². The molecule has 1 aromatic heterocycles. The Morgan fingerprint density at radius 3 is 2.71 bits per heavy atom. The number of aromatic carboxylic acids is 1. The molecule has 1 amide bonds. The van der Waals surface area contributed by atoms with Gasteiger partial charge < -0.3 is 10.4 Å². The van der Waals surface area contributed by atoms with Crippen LogP contribution in [0.4, 0.5) is 0 Å². The van der Waals surface area contributed by atoms with Crippen LogP contribution in [0.2, 0.25) is 0 Å². The van der Waals surface area contributed by atoms with Crippen LogP contribution in [0.5, 0.6) is 0 Å². The number of benzene rings is 1. The minimum atomic E-state index is -1.03. The van der Waals surface area contributed by atoms with Gasteiger partial charge in [-0.05, 0) is 18.6 Å². The maximum Gasteiger partial charge on any atom is 0.335 e. The molecular weight excluding hydrogens is 270 g/mol. The summed E-state index contributed by atoms with van der Waals surface area (Å²) in [6, 6.07) is 6.33. The number of hydrogen-bond donors (Lipinski definition) is 2. The maximum absolute atomic E-state index is 12.0. The summed E-state index contributed by atoms with van der Waals surface area (Å²) in [6.45, 7) is 1.86. The van der Waals surface area contributed by atoms with Crippen LogP contribution < -0.4 is 5.32 Å². The van der Waals surface area contributed by atoms with Crippen LogP contribution in [0.1, 0.15) is 34.5 Å². The monoisotopic (exact) mass is 287 g/mol. The van der Waals surface area contributed by atoms with Crippen LogP contribution in [0.25, 0.3) is 0 Å². The van der Waals surface area contributed by atoms with Crippen LogP contribution in [0.15, 0.2) is 36.7 Å². The molecule has 0 spiro atoms. The summed E-state index contributed by atoms with van der Waals surface area (Å²) in [5.74, 6) is -1.25. The predicted octanol–water partition coefficient (Wildman–Crippen LogP) is 1.54. The van der Waals surface area contributed by atoms with Gasteiger partial charge in [0.25, 0.3) is 0 Å². The summed E-state index contributed by atoms with van der Waals surface area (Å²) in [5, 5.41) is 16.0. The number of nitrogens with one attached hydrogen (secondary N) is 1. The van der Waals surface area contributed by atoms with Gasteiger partial charge in [-0.1, -0.05) is 18.2 Å². The van der Waals surface area contributed by atoms with Crippen LogP contribution in [0, 0.1) is 0 Å². The molecule has 2 rings (SSSR count). The van der Waals surface area contributed by atoms with Gasteiger partial charge in [-0.25, -0.2) is 4.79 Å². The molecular formula is C15H17N3O3. The molecule has 110 valence electrons. The fourth-order valence-corrected chi connectivity index (χ4v) is 2.10. The average Bonchev–Trinajstić information content (AvgIpc) is 2.85. The Morgan fingerprint density at radius 1 is 1.38 bits per heavy atom. The largest absolute Gasteiger partial charge is 0.478 e. The first-order chi connectivity index (χ1) is 9.97. The van der Waals surface area contributed by atoms with E-state index in [4.69, 9.17) is 5.11 Å². The number of carboxylic acids is 1. The third-order valence-electron chi connectivity index (χ3n) is 3.20. The van der Waals surface area contributed by atoms with Crippen LogP contribution in [-0.2, 0) is 18.3 Å². The Balaban J connectivity index is 2.04. The van der Waals surface area contributed by atoms with Gasteiger partial charge in [0, 0.05) is 18.8 Å². The van der Waals surface area contributed by atoms with Crippen molar-refractivity contribution in [1.29, 1.82) is 0 Å². The first-order valence-corrected chi connectivity index (χ1v) is 6.56. The molecule has 2 aromatic rings. The first-order valence-electron chi connectivity index (χ1n) is 6.56. The number of hydrogen-bond acceptors (Lipinski definition) is 3. The smallest absolute Gasteiger partial charge is 0.335 e. The van der Waals surface area contributed by atoms with Gasteiger partial charge in [0.15, 0.2) is 0 Å². The Bertz CT molecular complexity index is 664. The molecule has 0 aliphatic heterocycles. The van der Waals surface area contributed by atoms with Gasteiger partial charge in [-0.15, -0.1) is 0 Å². The van der Waals surface area contributed by atoms with E-state index in [0.717, 1.165) is 5.56 Å². The zero-order valence-corrected chi connectivity index (χ0v) is 11.9. The van der Waals surface area contributed by atoms with Crippen molar-refractivity contribution < 1.29 is 14.7 Å². The van der Waals surface area contributed by atoms with Crippen molar-refractivity contribution >= 4 is 11.9 Å². The molecule has 1 atom stereocenters. The van der Waals surface area contributed by atoms with Crippen molar-refractivity contribution in [2.24, 2.45) is 7.05 Å². The highest BCUT2D eigenvalue weighted by Gasteiger charge is 2.15. The third-order valence-corrected chi connectivity index (χ3v) is 3.20. The van der Waals surface area contributed by atoms with Gasteiger partial charge in [0.05, 0.1) is 24.2 Å². The summed E-state index contributed by atoms with van der Waals surface area (Å²) >= 11 is 0. The Kier molecular flexibility index (Phi) is 4.37. The topological polar surface area (TPSA) is 84.2 Å². The number of nitrogens with zero attached hydrogens (tertiary/aromatic N) is 2. The van der Waals surface area contributed by atoms with E-state index >= 15 is 0 Å². The fourth-order valence-electron chi connectivity index (χ4n) is 2.10. The third kappa shape index (κ3) is 3.68. The lowest BCUT2D eigenvalue weighted by Crippen LogP contribution is -2.28. The molecule has 0 bridgehead atoms. The number of carbonyl (C=O) groups excluding carboxylic acids is 1. The number of rotatable bonds is 5. The van der Waals surface area contributed by atoms with Gasteiger partial charge >= 0.3 is 5.97 Å². The molecule has 0 fully saturated rings. The zero-order valence-electron chi connectivity index (χ0n) is 11.9. The van der Waals surface area contributed by atoms with E-state index in [1.165, 1.54) is 6.07 Å². The summed E-state index contributed by atoms with van der Waals surface area (Å²) in [6.07, 6.45) is 3.55. The lowest BCUT2D eigenvalue weighted by atomic mass is 10.0. The number of aromatic nitrogens is 2. The summed E-state index contributed by atoms with van der Waals surface area (Å²) in [4.78, 5) is 23.2. The van der Waals surface area contributed by atoms with Crippen LogP contribution >= 0.6 is 0 Å². The van der Waals surface area contributed by atoms with Crippen molar-refractivity contribution in [2.45, 2.75) is 19.4 Å². The highest BCUT2D eigenvalue weighted by atomic mass is 16.4. The quantitative estimate of drug-likeness (QED) is 0.873. The molecule has 0 saturated carbocycles. The minimum absolute atomic E-state index is 0.0348. The Morgan fingerprint density at radius 2 is 2.10 bits per heavy atom. The predicted molar refractivity (Wildman–Crippen MR) is 76.9 cm³/mol. The lowest BCUT2D eigenvalue weighted by Gasteiger charge is -2.13. The van der Waals surface area contributed by atoms with E-state index < -0.39 is 5.97 Å². The van der Waals surface area contributed by atoms with Gasteiger partial charge in [0.2, 0.25) is 5.91 Å². The molecule has 0 aliphatic carbocycles. The van der Waals surface area contributed by atoms with Crippen molar-refractivity contribution in [3.05, 3.63) is 53.3 Å². The van der Waals surface area contributed by atoms with E-state index in [2.05, 4.69) is 10.4 Å². The second kappa shape index (κ2) is 6.21. The van der Waals surface area contributed by atoms with Crippen molar-refractivity contribution in [1.82, 2.24) is 15.1 Å². The fraction of sp³-hybridized carbons (Fsp3) is 0.267. The molecule has 0 radical (unpaired) electrons. The molecule has 2 N–H and O–H groups in total. The molecule has 6 nitrogen and oxygen atoms in total. The summed E-state index contributed by atoms with van der Waals surface area (Å²) in [5.41, 5.74) is 1.56. The normalized spacial score (nSPS) is 11.9. The Labute approximate surface area is 122 Å². The van der Waals surface area contributed by atoms with Crippen molar-refractivity contribution in [2.75, 3.05) is 0 Å². The lowest BCUT2D eigenvalue weighted by molar-refractivity contribution is -0.121. The molecule has 0 aliphatic rings. The number of aryl methyl sites for hydroxylation is 1. The summed E-state index contributed by atoms with van der Waals surface area (Å²) in [7, 11) is 1.81. The standard InChI is InChI=1S/C15H17N3O3/c1-10(12-8-16-18(2)9-12)17-14(19)7-11-5-3-4-6-13(11)15(20)21/h3-6,8-10H,7H2,1-2H3,(H,17,19)(H,20,21). The van der Waals surface area contributed by atoms with E-state index in [1.807, 2.05) is 13.1 Å². The molecule has 1 aromatic carbocycles. The molecule has 1 heterocycles. The second-order valence-electron chi connectivity index (χ2n) is 4.88. The van der Waals surface area contributed by atoms with Crippen LogP contribution in [-0.4, -0.2) is 26.8 Å². The second-order valence-corrected chi connectivity index (χ2v) is 4.88. The number of amides is 1. The van der Waals surface area contributed by atoms with Crippen LogP contribution in [0.3, 0.4) is 0 Å². The number of carbonyl (C=O) groups is 2. The first kappa shape index (κ1) is 14.8. The van der Waals surface area contributed by atoms with E-state index in [-0.39, 0.29) is 23.9 Å². The van der Waals surface area contributed by atoms with Crippen molar-refractivity contribution in [3.63, 3.8) is 0 Å². The molecule has 1 unspecified atom stereocenters. The SMILES string of the molecule is CC(NC(=O)Cc1ccccc1C(=O)O)c1cnn(C)c1. The highest BCUT2D eigenvalue weighted by molar-refractivity contribution is 5.91. The van der Waals surface area contributed by atoms with Gasteiger partial charge in [-0.2, -0.15) is 5.10 Å².